The summed E-state index contributed by atoms with van der Waals surface area (Å²) in [5, 5.41) is 2.88. The van der Waals surface area contributed by atoms with Gasteiger partial charge >= 0.3 is 6.61 Å². The SMILES string of the molecule is Cc1cccn2c(NC(=O)/C=C/c3ccccc3OC(F)F)c(-c3ccccc3)nc12. The second-order valence-electron chi connectivity index (χ2n) is 6.80. The van der Waals surface area contributed by atoms with Gasteiger partial charge in [-0.2, -0.15) is 8.78 Å². The molecule has 0 spiro atoms. The zero-order chi connectivity index (χ0) is 21.8. The average Bonchev–Trinajstić information content (AvgIpc) is 3.13. The van der Waals surface area contributed by atoms with Crippen molar-refractivity contribution in [1.82, 2.24) is 9.38 Å². The maximum atomic E-state index is 12.7. The highest BCUT2D eigenvalue weighted by atomic mass is 19.3. The summed E-state index contributed by atoms with van der Waals surface area (Å²) in [6.07, 6.45) is 4.54. The smallest absolute Gasteiger partial charge is 0.387 e. The topological polar surface area (TPSA) is 55.6 Å². The van der Waals surface area contributed by atoms with Crippen molar-refractivity contribution in [3.05, 3.63) is 90.1 Å². The number of nitrogens with one attached hydrogen (secondary N) is 1. The van der Waals surface area contributed by atoms with Crippen LogP contribution in [0.5, 0.6) is 5.75 Å². The van der Waals surface area contributed by atoms with Crippen LogP contribution >= 0.6 is 0 Å². The monoisotopic (exact) mass is 419 g/mol. The van der Waals surface area contributed by atoms with Crippen molar-refractivity contribution in [2.24, 2.45) is 0 Å². The van der Waals surface area contributed by atoms with Crippen LogP contribution in [0, 0.1) is 6.92 Å². The summed E-state index contributed by atoms with van der Waals surface area (Å²) in [5.74, 6) is 0.0981. The molecule has 1 amide bonds. The van der Waals surface area contributed by atoms with E-state index >= 15 is 0 Å². The molecule has 0 bridgehead atoms. The fourth-order valence-corrected chi connectivity index (χ4v) is 3.27. The lowest BCUT2D eigenvalue weighted by Gasteiger charge is -2.08. The minimum atomic E-state index is -2.95. The molecular formula is C24H19F2N3O2. The van der Waals surface area contributed by atoms with Crippen LogP contribution < -0.4 is 10.1 Å². The highest BCUT2D eigenvalue weighted by Gasteiger charge is 2.16. The summed E-state index contributed by atoms with van der Waals surface area (Å²) in [7, 11) is 0. The first-order chi connectivity index (χ1) is 15.0. The van der Waals surface area contributed by atoms with E-state index in [9.17, 15) is 13.6 Å². The van der Waals surface area contributed by atoms with E-state index < -0.39 is 12.5 Å². The zero-order valence-electron chi connectivity index (χ0n) is 16.6. The highest BCUT2D eigenvalue weighted by molar-refractivity contribution is 6.04. The Morgan fingerprint density at radius 2 is 1.81 bits per heavy atom. The van der Waals surface area contributed by atoms with Crippen LogP contribution in [0.2, 0.25) is 0 Å². The molecule has 1 N–H and O–H groups in total. The van der Waals surface area contributed by atoms with E-state index in [0.29, 0.717) is 17.1 Å². The van der Waals surface area contributed by atoms with Crippen molar-refractivity contribution in [3.8, 4) is 17.0 Å². The first-order valence-electron chi connectivity index (χ1n) is 9.59. The van der Waals surface area contributed by atoms with Gasteiger partial charge in [0.05, 0.1) is 0 Å². The standard InChI is InChI=1S/C24H19F2N3O2/c1-16-8-7-15-29-22(16)28-21(18-10-3-2-4-11-18)23(29)27-20(30)14-13-17-9-5-6-12-19(17)31-24(25)26/h2-15,24H,1H3,(H,27,30)/b14-13+. The number of hydrogen-bond donors (Lipinski definition) is 1. The molecule has 5 nitrogen and oxygen atoms in total. The molecule has 0 saturated heterocycles. The molecule has 4 rings (SSSR count). The van der Waals surface area contributed by atoms with Crippen molar-refractivity contribution in [3.63, 3.8) is 0 Å². The molecule has 4 aromatic rings. The van der Waals surface area contributed by atoms with Crippen LogP contribution in [-0.2, 0) is 4.79 Å². The van der Waals surface area contributed by atoms with E-state index in [1.807, 2.05) is 60.0 Å². The first-order valence-corrected chi connectivity index (χ1v) is 9.59. The number of hydrogen-bond acceptors (Lipinski definition) is 3. The molecule has 31 heavy (non-hydrogen) atoms. The molecule has 2 aromatic heterocycles. The molecule has 0 aliphatic rings. The third-order valence-corrected chi connectivity index (χ3v) is 4.68. The lowest BCUT2D eigenvalue weighted by atomic mass is 10.1. The molecule has 0 aliphatic carbocycles. The number of amides is 1. The van der Waals surface area contributed by atoms with Gasteiger partial charge in [0.1, 0.15) is 22.9 Å². The molecule has 0 aliphatic heterocycles. The first kappa shape index (κ1) is 20.3. The number of fused-ring (bicyclic) bond motifs is 1. The summed E-state index contributed by atoms with van der Waals surface area (Å²) in [4.78, 5) is 17.4. The fourth-order valence-electron chi connectivity index (χ4n) is 3.27. The average molecular weight is 419 g/mol. The number of imidazole rings is 1. The number of alkyl halides is 2. The van der Waals surface area contributed by atoms with Gasteiger partial charge in [-0.25, -0.2) is 4.98 Å². The van der Waals surface area contributed by atoms with Gasteiger partial charge in [0.25, 0.3) is 0 Å². The Morgan fingerprint density at radius 3 is 2.58 bits per heavy atom. The second kappa shape index (κ2) is 8.79. The lowest BCUT2D eigenvalue weighted by molar-refractivity contribution is -0.111. The Morgan fingerprint density at radius 1 is 1.06 bits per heavy atom. The van der Waals surface area contributed by atoms with Gasteiger partial charge in [-0.3, -0.25) is 9.20 Å². The van der Waals surface area contributed by atoms with Gasteiger partial charge in [0.2, 0.25) is 5.91 Å². The van der Waals surface area contributed by atoms with Crippen LogP contribution in [-0.4, -0.2) is 21.9 Å². The predicted octanol–water partition coefficient (Wildman–Crippen LogP) is 5.56. The Balaban J connectivity index is 1.67. The van der Waals surface area contributed by atoms with Gasteiger partial charge in [-0.05, 0) is 30.7 Å². The molecule has 2 heterocycles. The van der Waals surface area contributed by atoms with Crippen LogP contribution in [0.1, 0.15) is 11.1 Å². The van der Waals surface area contributed by atoms with Gasteiger partial charge in [0, 0.05) is 23.4 Å². The molecule has 2 aromatic carbocycles. The Bertz CT molecular complexity index is 1250. The number of aryl methyl sites for hydroxylation is 1. The number of anilines is 1. The molecule has 0 radical (unpaired) electrons. The maximum absolute atomic E-state index is 12.7. The number of rotatable bonds is 6. The molecule has 0 saturated carbocycles. The third kappa shape index (κ3) is 4.45. The van der Waals surface area contributed by atoms with E-state index in [1.54, 1.807) is 18.2 Å². The lowest BCUT2D eigenvalue weighted by Crippen LogP contribution is -2.11. The molecule has 0 fully saturated rings. The van der Waals surface area contributed by atoms with Gasteiger partial charge in [0.15, 0.2) is 0 Å². The number of carbonyl (C=O) groups excluding carboxylic acids is 1. The van der Waals surface area contributed by atoms with Crippen molar-refractivity contribution in [2.45, 2.75) is 13.5 Å². The van der Waals surface area contributed by atoms with Crippen LogP contribution in [0.15, 0.2) is 79.0 Å². The number of aromatic nitrogens is 2. The summed E-state index contributed by atoms with van der Waals surface area (Å²) < 4.78 is 31.5. The van der Waals surface area contributed by atoms with E-state index in [1.165, 1.54) is 18.2 Å². The largest absolute Gasteiger partial charge is 0.434 e. The number of carbonyl (C=O) groups is 1. The van der Waals surface area contributed by atoms with Crippen molar-refractivity contribution in [1.29, 1.82) is 0 Å². The van der Waals surface area contributed by atoms with Gasteiger partial charge < -0.3 is 10.1 Å². The van der Waals surface area contributed by atoms with E-state index in [0.717, 1.165) is 16.8 Å². The summed E-state index contributed by atoms with van der Waals surface area (Å²) in [5.41, 5.74) is 3.57. The second-order valence-corrected chi connectivity index (χ2v) is 6.80. The quantitative estimate of drug-likeness (QED) is 0.416. The molecule has 0 atom stereocenters. The summed E-state index contributed by atoms with van der Waals surface area (Å²) in [6.45, 7) is -0.999. The highest BCUT2D eigenvalue weighted by Crippen LogP contribution is 2.30. The molecule has 7 heteroatoms. The number of pyridine rings is 1. The normalized spacial score (nSPS) is 11.4. The van der Waals surface area contributed by atoms with Crippen molar-refractivity contribution >= 4 is 23.4 Å². The Labute approximate surface area is 177 Å². The summed E-state index contributed by atoms with van der Waals surface area (Å²) in [6, 6.07) is 19.6. The molecular weight excluding hydrogens is 400 g/mol. The minimum absolute atomic E-state index is 0.00282. The van der Waals surface area contributed by atoms with Crippen LogP contribution in [0.3, 0.4) is 0 Å². The molecule has 0 unspecified atom stereocenters. The maximum Gasteiger partial charge on any atom is 0.387 e. The zero-order valence-corrected chi connectivity index (χ0v) is 16.6. The third-order valence-electron chi connectivity index (χ3n) is 4.68. The van der Waals surface area contributed by atoms with E-state index in [4.69, 9.17) is 4.98 Å². The number of nitrogens with zero attached hydrogens (tertiary/aromatic N) is 2. The summed E-state index contributed by atoms with van der Waals surface area (Å²) >= 11 is 0. The minimum Gasteiger partial charge on any atom is -0.434 e. The predicted molar refractivity (Wildman–Crippen MR) is 116 cm³/mol. The van der Waals surface area contributed by atoms with E-state index in [2.05, 4.69) is 10.1 Å². The van der Waals surface area contributed by atoms with E-state index in [-0.39, 0.29) is 5.75 Å². The van der Waals surface area contributed by atoms with Crippen molar-refractivity contribution < 1.29 is 18.3 Å². The van der Waals surface area contributed by atoms with Crippen LogP contribution in [0.25, 0.3) is 23.0 Å². The Hall–Kier alpha value is -4.00. The number of benzene rings is 2. The van der Waals surface area contributed by atoms with Gasteiger partial charge in [-0.1, -0.05) is 54.6 Å². The molecule has 156 valence electrons. The fraction of sp³-hybridized carbons (Fsp3) is 0.0833. The van der Waals surface area contributed by atoms with Crippen molar-refractivity contribution in [2.75, 3.05) is 5.32 Å². The van der Waals surface area contributed by atoms with Crippen LogP contribution in [0.4, 0.5) is 14.6 Å². The van der Waals surface area contributed by atoms with Gasteiger partial charge in [-0.15, -0.1) is 0 Å². The Kier molecular flexibility index (Phi) is 5.75. The number of para-hydroxylation sites is 1. The number of ether oxygens (including phenoxy) is 1. The number of halogens is 2.